The van der Waals surface area contributed by atoms with E-state index in [0.717, 1.165) is 28.0 Å². The van der Waals surface area contributed by atoms with Crippen molar-refractivity contribution in [3.63, 3.8) is 0 Å². The Morgan fingerprint density at radius 1 is 1.10 bits per heavy atom. The molecule has 1 fully saturated rings. The maximum atomic E-state index is 13.7. The maximum Gasteiger partial charge on any atom is 0.257 e. The normalized spacial score (nSPS) is 16.4. The fraction of sp³-hybridized carbons (Fsp3) is 0.250. The summed E-state index contributed by atoms with van der Waals surface area (Å²) in [6, 6.07) is 9.74. The average molecular weight is 412 g/mol. The molecule has 156 valence electrons. The minimum atomic E-state index is -0.188. The Morgan fingerprint density at radius 2 is 1.84 bits per heavy atom. The van der Waals surface area contributed by atoms with Gasteiger partial charge in [0.1, 0.15) is 5.82 Å². The zero-order chi connectivity index (χ0) is 21.7. The SMILES string of the molecule is C=C1CC(c2nc3cc(C)c(C)cc3[nH]2)N(C(=O)c2cc(C)ccc2-n2nccn2)C1. The summed E-state index contributed by atoms with van der Waals surface area (Å²) in [4.78, 5) is 25.3. The van der Waals surface area contributed by atoms with Gasteiger partial charge in [-0.1, -0.05) is 23.8 Å². The summed E-state index contributed by atoms with van der Waals surface area (Å²) in [6.07, 6.45) is 3.89. The van der Waals surface area contributed by atoms with Crippen LogP contribution in [0.2, 0.25) is 0 Å². The molecule has 1 N–H and O–H groups in total. The molecular weight excluding hydrogens is 388 g/mol. The number of imidazole rings is 1. The topological polar surface area (TPSA) is 79.7 Å². The van der Waals surface area contributed by atoms with Crippen molar-refractivity contribution in [2.45, 2.75) is 33.2 Å². The van der Waals surface area contributed by atoms with E-state index in [1.54, 1.807) is 12.4 Å². The number of carbonyl (C=O) groups excluding carboxylic acids is 1. The molecule has 3 heterocycles. The first-order chi connectivity index (χ1) is 14.9. The highest BCUT2D eigenvalue weighted by Gasteiger charge is 2.35. The number of likely N-dealkylation sites (tertiary alicyclic amines) is 1. The van der Waals surface area contributed by atoms with E-state index in [9.17, 15) is 4.79 Å². The minimum absolute atomic E-state index is 0.0764. The summed E-state index contributed by atoms with van der Waals surface area (Å²) >= 11 is 0. The van der Waals surface area contributed by atoms with Gasteiger partial charge in [-0.25, -0.2) is 4.98 Å². The second kappa shape index (κ2) is 7.19. The number of fused-ring (bicyclic) bond motifs is 1. The lowest BCUT2D eigenvalue weighted by Gasteiger charge is -2.24. The number of hydrogen-bond donors (Lipinski definition) is 1. The van der Waals surface area contributed by atoms with Crippen molar-refractivity contribution in [3.05, 3.63) is 83.0 Å². The molecule has 7 heteroatoms. The van der Waals surface area contributed by atoms with Gasteiger partial charge >= 0.3 is 0 Å². The molecule has 1 unspecified atom stereocenters. The Hall–Kier alpha value is -3.74. The van der Waals surface area contributed by atoms with Gasteiger partial charge in [0.2, 0.25) is 0 Å². The Labute approximate surface area is 180 Å². The number of carbonyl (C=O) groups is 1. The molecule has 1 amide bonds. The van der Waals surface area contributed by atoms with Crippen LogP contribution < -0.4 is 0 Å². The minimum Gasteiger partial charge on any atom is -0.340 e. The lowest BCUT2D eigenvalue weighted by Crippen LogP contribution is -2.32. The largest absolute Gasteiger partial charge is 0.340 e. The third-order valence-electron chi connectivity index (χ3n) is 5.96. The van der Waals surface area contributed by atoms with Crippen LogP contribution in [0.25, 0.3) is 16.7 Å². The fourth-order valence-electron chi connectivity index (χ4n) is 4.19. The van der Waals surface area contributed by atoms with Crippen LogP contribution in [0, 0.1) is 20.8 Å². The highest BCUT2D eigenvalue weighted by atomic mass is 16.2. The second-order valence-corrected chi connectivity index (χ2v) is 8.32. The third kappa shape index (κ3) is 3.32. The number of nitrogens with one attached hydrogen (secondary N) is 1. The summed E-state index contributed by atoms with van der Waals surface area (Å²) in [7, 11) is 0. The van der Waals surface area contributed by atoms with Crippen LogP contribution in [0.15, 0.2) is 54.9 Å². The van der Waals surface area contributed by atoms with E-state index in [0.29, 0.717) is 24.2 Å². The molecule has 1 atom stereocenters. The zero-order valence-corrected chi connectivity index (χ0v) is 17.9. The van der Waals surface area contributed by atoms with E-state index >= 15 is 0 Å². The predicted molar refractivity (Wildman–Crippen MR) is 119 cm³/mol. The lowest BCUT2D eigenvalue weighted by atomic mass is 10.1. The number of aryl methyl sites for hydroxylation is 3. The standard InChI is InChI=1S/C24H24N6O/c1-14-5-6-21(30-25-7-8-26-30)18(9-14)24(31)29-13-15(2)10-22(29)23-27-19-11-16(3)17(4)12-20(19)28-23/h5-9,11-12,22H,2,10,13H2,1,3-4H3,(H,27,28). The lowest BCUT2D eigenvalue weighted by molar-refractivity contribution is 0.0732. The molecule has 0 spiro atoms. The molecule has 31 heavy (non-hydrogen) atoms. The van der Waals surface area contributed by atoms with Crippen molar-refractivity contribution in [2.24, 2.45) is 0 Å². The first-order valence-corrected chi connectivity index (χ1v) is 10.3. The Kier molecular flexibility index (Phi) is 4.46. The fourth-order valence-corrected chi connectivity index (χ4v) is 4.19. The molecule has 1 aliphatic rings. The van der Waals surface area contributed by atoms with Gasteiger partial charge in [0.25, 0.3) is 5.91 Å². The monoisotopic (exact) mass is 412 g/mol. The molecule has 0 saturated carbocycles. The zero-order valence-electron chi connectivity index (χ0n) is 17.9. The van der Waals surface area contributed by atoms with Crippen LogP contribution in [-0.4, -0.2) is 42.3 Å². The Bertz CT molecular complexity index is 1280. The maximum absolute atomic E-state index is 13.7. The van der Waals surface area contributed by atoms with Crippen LogP contribution in [0.5, 0.6) is 0 Å². The Morgan fingerprint density at radius 3 is 2.61 bits per heavy atom. The van der Waals surface area contributed by atoms with Gasteiger partial charge in [0, 0.05) is 6.54 Å². The van der Waals surface area contributed by atoms with Crippen molar-refractivity contribution in [1.82, 2.24) is 29.9 Å². The number of amides is 1. The molecule has 4 aromatic rings. The van der Waals surface area contributed by atoms with E-state index < -0.39 is 0 Å². The molecule has 0 radical (unpaired) electrons. The number of rotatable bonds is 3. The number of H-pyrrole nitrogens is 1. The Balaban J connectivity index is 1.56. The highest BCUT2D eigenvalue weighted by Crippen LogP contribution is 2.36. The van der Waals surface area contributed by atoms with Gasteiger partial charge in [-0.3, -0.25) is 4.79 Å². The molecule has 0 bridgehead atoms. The van der Waals surface area contributed by atoms with Crippen molar-refractivity contribution >= 4 is 16.9 Å². The number of benzene rings is 2. The molecule has 7 nitrogen and oxygen atoms in total. The third-order valence-corrected chi connectivity index (χ3v) is 5.96. The first kappa shape index (κ1) is 19.2. The molecule has 2 aromatic heterocycles. The molecule has 2 aromatic carbocycles. The van der Waals surface area contributed by atoms with Crippen LogP contribution in [0.1, 0.15) is 45.3 Å². The van der Waals surface area contributed by atoms with Crippen molar-refractivity contribution < 1.29 is 4.79 Å². The van der Waals surface area contributed by atoms with Crippen LogP contribution in [0.4, 0.5) is 0 Å². The molecule has 1 aliphatic heterocycles. The quantitative estimate of drug-likeness (QED) is 0.511. The average Bonchev–Trinajstić information content (AvgIpc) is 3.47. The van der Waals surface area contributed by atoms with Gasteiger partial charge in [-0.2, -0.15) is 15.0 Å². The number of aromatic amines is 1. The van der Waals surface area contributed by atoms with Crippen LogP contribution in [0.3, 0.4) is 0 Å². The van der Waals surface area contributed by atoms with Crippen LogP contribution >= 0.6 is 0 Å². The first-order valence-electron chi connectivity index (χ1n) is 10.3. The van der Waals surface area contributed by atoms with E-state index in [1.807, 2.05) is 30.0 Å². The number of hydrogen-bond acceptors (Lipinski definition) is 4. The van der Waals surface area contributed by atoms with Crippen molar-refractivity contribution in [3.8, 4) is 5.69 Å². The van der Waals surface area contributed by atoms with Crippen molar-refractivity contribution in [1.29, 1.82) is 0 Å². The van der Waals surface area contributed by atoms with Gasteiger partial charge in [-0.15, -0.1) is 0 Å². The number of nitrogens with zero attached hydrogens (tertiary/aromatic N) is 5. The van der Waals surface area contributed by atoms with Crippen LogP contribution in [-0.2, 0) is 0 Å². The van der Waals surface area contributed by atoms with E-state index in [-0.39, 0.29) is 11.9 Å². The van der Waals surface area contributed by atoms with Gasteiger partial charge in [0.15, 0.2) is 0 Å². The predicted octanol–water partition coefficient (Wildman–Crippen LogP) is 4.21. The molecule has 5 rings (SSSR count). The molecule has 0 aliphatic carbocycles. The molecule has 1 saturated heterocycles. The summed E-state index contributed by atoms with van der Waals surface area (Å²) in [6.45, 7) is 10.8. The van der Waals surface area contributed by atoms with E-state index in [4.69, 9.17) is 4.98 Å². The van der Waals surface area contributed by atoms with Gasteiger partial charge < -0.3 is 9.88 Å². The van der Waals surface area contributed by atoms with Gasteiger partial charge in [0.05, 0.1) is 40.7 Å². The summed E-state index contributed by atoms with van der Waals surface area (Å²) in [5, 5.41) is 8.44. The second-order valence-electron chi connectivity index (χ2n) is 8.32. The smallest absolute Gasteiger partial charge is 0.257 e. The highest BCUT2D eigenvalue weighted by molar-refractivity contribution is 5.98. The molecular formula is C24H24N6O. The number of aromatic nitrogens is 5. The van der Waals surface area contributed by atoms with E-state index in [2.05, 4.69) is 47.7 Å². The summed E-state index contributed by atoms with van der Waals surface area (Å²) in [5.74, 6) is 0.714. The summed E-state index contributed by atoms with van der Waals surface area (Å²) < 4.78 is 0. The van der Waals surface area contributed by atoms with E-state index in [1.165, 1.54) is 15.9 Å². The summed E-state index contributed by atoms with van der Waals surface area (Å²) in [5.41, 5.74) is 7.56. The van der Waals surface area contributed by atoms with Gasteiger partial charge in [-0.05, 0) is 62.6 Å². The van der Waals surface area contributed by atoms with Crippen molar-refractivity contribution in [2.75, 3.05) is 6.54 Å².